The van der Waals surface area contributed by atoms with Crippen molar-refractivity contribution in [3.63, 3.8) is 0 Å². The number of aromatic nitrogens is 2. The number of rotatable bonds is 4. The number of hydrogen-bond acceptors (Lipinski definition) is 2. The van der Waals surface area contributed by atoms with E-state index in [1.165, 1.54) is 88.0 Å². The van der Waals surface area contributed by atoms with Gasteiger partial charge in [0.05, 0.1) is 11.4 Å². The molecule has 2 aliphatic carbocycles. The Balaban J connectivity index is 0.982. The van der Waals surface area contributed by atoms with Crippen LogP contribution in [0.25, 0.3) is 99.6 Å². The van der Waals surface area contributed by atoms with E-state index in [9.17, 15) is 0 Å². The van der Waals surface area contributed by atoms with E-state index in [-0.39, 0.29) is 10.8 Å². The lowest BCUT2D eigenvalue weighted by Crippen LogP contribution is -2.15. The molecule has 10 aromatic rings. The van der Waals surface area contributed by atoms with Gasteiger partial charge in [0, 0.05) is 27.5 Å². The van der Waals surface area contributed by atoms with E-state index in [1.54, 1.807) is 0 Å². The number of nitrogens with zero attached hydrogens (tertiary/aromatic N) is 2. The first-order chi connectivity index (χ1) is 29.3. The molecule has 2 heteroatoms. The summed E-state index contributed by atoms with van der Waals surface area (Å²) in [6, 6.07) is 66.7. The standard InChI is InChI=1S/C58H42N2/c1-57(2)48-24-14-23-41(53(48)47-31-38-17-8-9-18-39(38)32-50(47)57)35-25-27-36(28-26-35)51-34-52(60-56(59-51)37-15-6-5-7-16-37)40-29-30-46-49(33-40)58(3,4)55-45-22-13-11-20-43(45)42-19-10-12-21-44(42)54(46)55/h5-34H,1-4H3. The lowest BCUT2D eigenvalue weighted by Gasteiger charge is -2.24. The first-order valence-corrected chi connectivity index (χ1v) is 21.1. The summed E-state index contributed by atoms with van der Waals surface area (Å²) < 4.78 is 0. The van der Waals surface area contributed by atoms with Gasteiger partial charge in [-0.3, -0.25) is 0 Å². The summed E-state index contributed by atoms with van der Waals surface area (Å²) in [7, 11) is 0. The molecule has 0 amide bonds. The van der Waals surface area contributed by atoms with Crippen molar-refractivity contribution in [2.45, 2.75) is 38.5 Å². The van der Waals surface area contributed by atoms with Crippen LogP contribution in [0.4, 0.5) is 0 Å². The zero-order valence-corrected chi connectivity index (χ0v) is 34.2. The first kappa shape index (κ1) is 34.8. The topological polar surface area (TPSA) is 25.8 Å². The van der Waals surface area contributed by atoms with Crippen LogP contribution < -0.4 is 0 Å². The van der Waals surface area contributed by atoms with Crippen molar-refractivity contribution in [1.29, 1.82) is 0 Å². The van der Waals surface area contributed by atoms with Crippen LogP contribution in [0.15, 0.2) is 182 Å². The molecule has 2 aliphatic rings. The van der Waals surface area contributed by atoms with Crippen molar-refractivity contribution >= 4 is 32.3 Å². The second kappa shape index (κ2) is 12.7. The van der Waals surface area contributed by atoms with Crippen LogP contribution in [0.2, 0.25) is 0 Å². The number of hydrogen-bond donors (Lipinski definition) is 0. The molecule has 0 N–H and O–H groups in total. The number of benzene rings is 9. The van der Waals surface area contributed by atoms with Gasteiger partial charge in [-0.15, -0.1) is 0 Å². The van der Waals surface area contributed by atoms with Gasteiger partial charge in [0.25, 0.3) is 0 Å². The second-order valence-corrected chi connectivity index (χ2v) is 17.7. The lowest BCUT2D eigenvalue weighted by molar-refractivity contribution is 0.661. The predicted octanol–water partition coefficient (Wildman–Crippen LogP) is 15.2. The molecule has 0 aliphatic heterocycles. The third-order valence-corrected chi connectivity index (χ3v) is 13.6. The fraction of sp³-hybridized carbons (Fsp3) is 0.103. The Labute approximate surface area is 350 Å². The summed E-state index contributed by atoms with van der Waals surface area (Å²) in [5.74, 6) is 0.721. The molecule has 284 valence electrons. The van der Waals surface area contributed by atoms with E-state index >= 15 is 0 Å². The minimum absolute atomic E-state index is 0.0903. The molecule has 1 aromatic heterocycles. The van der Waals surface area contributed by atoms with Gasteiger partial charge in [-0.2, -0.15) is 0 Å². The summed E-state index contributed by atoms with van der Waals surface area (Å²) >= 11 is 0. The summed E-state index contributed by atoms with van der Waals surface area (Å²) in [6.45, 7) is 9.49. The van der Waals surface area contributed by atoms with E-state index in [0.29, 0.717) is 0 Å². The second-order valence-electron chi connectivity index (χ2n) is 17.7. The smallest absolute Gasteiger partial charge is 0.160 e. The maximum absolute atomic E-state index is 5.27. The van der Waals surface area contributed by atoms with Gasteiger partial charge < -0.3 is 0 Å². The highest BCUT2D eigenvalue weighted by molar-refractivity contribution is 6.18. The highest BCUT2D eigenvalue weighted by Gasteiger charge is 2.39. The van der Waals surface area contributed by atoms with Crippen LogP contribution in [0.1, 0.15) is 49.9 Å². The first-order valence-electron chi connectivity index (χ1n) is 21.1. The molecule has 2 nitrogen and oxygen atoms in total. The molecule has 0 saturated heterocycles. The zero-order chi connectivity index (χ0) is 40.3. The van der Waals surface area contributed by atoms with E-state index in [1.807, 2.05) is 6.07 Å². The van der Waals surface area contributed by atoms with E-state index in [2.05, 4.69) is 204 Å². The molecule has 0 unspecified atom stereocenters. The molecular formula is C58H42N2. The molecule has 1 heterocycles. The highest BCUT2D eigenvalue weighted by Crippen LogP contribution is 2.56. The van der Waals surface area contributed by atoms with Crippen LogP contribution >= 0.6 is 0 Å². The van der Waals surface area contributed by atoms with Gasteiger partial charge in [0.15, 0.2) is 5.82 Å². The largest absolute Gasteiger partial charge is 0.228 e. The highest BCUT2D eigenvalue weighted by atomic mass is 14.9. The molecule has 60 heavy (non-hydrogen) atoms. The SMILES string of the molecule is CC1(C)c2cc3ccccc3cc2-c2c(-c3ccc(-c4cc(-c5ccc6c(c5)C(C)(C)c5c-6c6ccccc6c6ccccc56)nc(-c5ccccc5)n4)cc3)cccc21. The fourth-order valence-corrected chi connectivity index (χ4v) is 10.6. The van der Waals surface area contributed by atoms with Crippen LogP contribution in [0.5, 0.6) is 0 Å². The Bertz CT molecular complexity index is 3410. The van der Waals surface area contributed by atoms with Crippen LogP contribution in [0.3, 0.4) is 0 Å². The quantitative estimate of drug-likeness (QED) is 0.167. The predicted molar refractivity (Wildman–Crippen MR) is 251 cm³/mol. The van der Waals surface area contributed by atoms with Crippen molar-refractivity contribution < 1.29 is 0 Å². The Hall–Kier alpha value is -7.16. The van der Waals surface area contributed by atoms with Gasteiger partial charge in [-0.05, 0) is 112 Å². The Kier molecular flexibility index (Phi) is 7.36. The molecule has 0 spiro atoms. The minimum atomic E-state index is -0.210. The summed E-state index contributed by atoms with van der Waals surface area (Å²) in [5, 5.41) is 7.82. The fourth-order valence-electron chi connectivity index (χ4n) is 10.6. The minimum Gasteiger partial charge on any atom is -0.228 e. The van der Waals surface area contributed by atoms with Crippen molar-refractivity contribution in [1.82, 2.24) is 9.97 Å². The summed E-state index contributed by atoms with van der Waals surface area (Å²) in [4.78, 5) is 10.5. The van der Waals surface area contributed by atoms with Crippen LogP contribution in [-0.4, -0.2) is 9.97 Å². The molecule has 9 aromatic carbocycles. The van der Waals surface area contributed by atoms with E-state index in [4.69, 9.17) is 9.97 Å². The molecule has 0 atom stereocenters. The van der Waals surface area contributed by atoms with Gasteiger partial charge in [-0.25, -0.2) is 9.97 Å². The zero-order valence-electron chi connectivity index (χ0n) is 34.2. The molecule has 0 bridgehead atoms. The van der Waals surface area contributed by atoms with E-state index in [0.717, 1.165) is 33.9 Å². The maximum Gasteiger partial charge on any atom is 0.160 e. The Morgan fingerprint density at radius 3 is 1.67 bits per heavy atom. The number of fused-ring (bicyclic) bond motifs is 12. The summed E-state index contributed by atoms with van der Waals surface area (Å²) in [5.41, 5.74) is 18.0. The Morgan fingerprint density at radius 2 is 0.917 bits per heavy atom. The van der Waals surface area contributed by atoms with Crippen molar-refractivity contribution in [3.8, 4) is 67.3 Å². The molecule has 0 fully saturated rings. The van der Waals surface area contributed by atoms with Crippen molar-refractivity contribution in [2.75, 3.05) is 0 Å². The normalized spacial score (nSPS) is 14.3. The average molecular weight is 767 g/mol. The summed E-state index contributed by atoms with van der Waals surface area (Å²) in [6.07, 6.45) is 0. The van der Waals surface area contributed by atoms with Gasteiger partial charge >= 0.3 is 0 Å². The van der Waals surface area contributed by atoms with Crippen molar-refractivity contribution in [2.24, 2.45) is 0 Å². The lowest BCUT2D eigenvalue weighted by atomic mass is 9.79. The van der Waals surface area contributed by atoms with Crippen molar-refractivity contribution in [3.05, 3.63) is 204 Å². The Morgan fingerprint density at radius 1 is 0.333 bits per heavy atom. The molecule has 0 radical (unpaired) electrons. The van der Waals surface area contributed by atoms with Crippen LogP contribution in [0, 0.1) is 0 Å². The molecule has 12 rings (SSSR count). The van der Waals surface area contributed by atoms with E-state index < -0.39 is 0 Å². The monoisotopic (exact) mass is 766 g/mol. The third kappa shape index (κ3) is 5.01. The molecule has 0 saturated carbocycles. The molecular weight excluding hydrogens is 725 g/mol. The maximum atomic E-state index is 5.27. The third-order valence-electron chi connectivity index (χ3n) is 13.6. The van der Waals surface area contributed by atoms with Gasteiger partial charge in [0.2, 0.25) is 0 Å². The average Bonchev–Trinajstić information content (AvgIpc) is 3.67. The van der Waals surface area contributed by atoms with Gasteiger partial charge in [0.1, 0.15) is 0 Å². The van der Waals surface area contributed by atoms with Gasteiger partial charge in [-0.1, -0.05) is 185 Å². The van der Waals surface area contributed by atoms with Crippen LogP contribution in [-0.2, 0) is 10.8 Å².